The van der Waals surface area contributed by atoms with Crippen molar-refractivity contribution in [1.82, 2.24) is 0 Å². The van der Waals surface area contributed by atoms with Crippen molar-refractivity contribution in [2.24, 2.45) is 0 Å². The molecule has 268 valence electrons. The predicted molar refractivity (Wildman–Crippen MR) is 228 cm³/mol. The Balaban J connectivity index is 1.29. The normalized spacial score (nSPS) is 14.1. The van der Waals surface area contributed by atoms with Crippen LogP contribution in [0.5, 0.6) is 0 Å². The summed E-state index contributed by atoms with van der Waals surface area (Å²) < 4.78 is 6.87. The summed E-state index contributed by atoms with van der Waals surface area (Å²) in [5, 5.41) is 2.34. The monoisotopic (exact) mass is 695 g/mol. The lowest BCUT2D eigenvalue weighted by Crippen LogP contribution is -2.16. The molecule has 0 atom stereocenters. The second-order valence-electron chi connectivity index (χ2n) is 18.8. The summed E-state index contributed by atoms with van der Waals surface area (Å²) in [6.07, 6.45) is 0. The van der Waals surface area contributed by atoms with Crippen LogP contribution in [0.2, 0.25) is 0 Å². The maximum Gasteiger partial charge on any atom is 0.139 e. The van der Waals surface area contributed by atoms with E-state index in [0.717, 1.165) is 33.6 Å². The van der Waals surface area contributed by atoms with Gasteiger partial charge in [0.25, 0.3) is 0 Å². The van der Waals surface area contributed by atoms with Crippen LogP contribution in [0.4, 0.5) is 17.1 Å². The zero-order valence-electron chi connectivity index (χ0n) is 33.4. The van der Waals surface area contributed by atoms with Crippen LogP contribution < -0.4 is 4.90 Å². The predicted octanol–water partition coefficient (Wildman–Crippen LogP) is 14.9. The van der Waals surface area contributed by atoms with Gasteiger partial charge >= 0.3 is 0 Å². The molecule has 53 heavy (non-hydrogen) atoms. The molecule has 0 fully saturated rings. The van der Waals surface area contributed by atoms with Crippen LogP contribution in [-0.2, 0) is 21.7 Å². The van der Waals surface area contributed by atoms with Crippen LogP contribution >= 0.6 is 0 Å². The molecule has 1 aliphatic rings. The molecular weight excluding hydrogens is 643 g/mol. The molecule has 0 spiro atoms. The van der Waals surface area contributed by atoms with Gasteiger partial charge in [-0.15, -0.1) is 0 Å². The molecule has 8 rings (SSSR count). The van der Waals surface area contributed by atoms with E-state index in [4.69, 9.17) is 4.42 Å². The van der Waals surface area contributed by atoms with Gasteiger partial charge in [0, 0.05) is 44.9 Å². The van der Waals surface area contributed by atoms with Crippen LogP contribution in [-0.4, -0.2) is 0 Å². The first kappa shape index (κ1) is 35.0. The van der Waals surface area contributed by atoms with Crippen molar-refractivity contribution in [3.05, 3.63) is 149 Å². The van der Waals surface area contributed by atoms with Crippen molar-refractivity contribution in [1.29, 1.82) is 0 Å². The standard InChI is InChI=1S/C51H53NO/c1-48(2,3)34-20-16-32(17-21-34)33-18-22-36(23-19-33)52(37-24-26-40-39-14-12-13-15-43(39)51(10,11)44(40)30-37)38-25-27-41-42-28-35(49(4,5)6)29-45(50(7,8)9)47(42)53-46(41)31-38/h12-31H,1-11H3. The molecule has 1 aliphatic carbocycles. The number of rotatable bonds is 4. The summed E-state index contributed by atoms with van der Waals surface area (Å²) >= 11 is 0. The molecule has 2 heteroatoms. The molecule has 0 aliphatic heterocycles. The number of benzene rings is 6. The number of anilines is 3. The van der Waals surface area contributed by atoms with E-state index < -0.39 is 0 Å². The van der Waals surface area contributed by atoms with Gasteiger partial charge in [0.2, 0.25) is 0 Å². The van der Waals surface area contributed by atoms with Gasteiger partial charge in [-0.3, -0.25) is 0 Å². The van der Waals surface area contributed by atoms with Gasteiger partial charge in [-0.2, -0.15) is 0 Å². The fraction of sp³-hybridized carbons (Fsp3) is 0.294. The van der Waals surface area contributed by atoms with E-state index in [1.54, 1.807) is 0 Å². The Labute approximate surface area is 316 Å². The minimum absolute atomic E-state index is 0.0241. The lowest BCUT2D eigenvalue weighted by atomic mass is 9.79. The van der Waals surface area contributed by atoms with Crippen molar-refractivity contribution in [2.75, 3.05) is 4.90 Å². The van der Waals surface area contributed by atoms with Crippen molar-refractivity contribution >= 4 is 39.0 Å². The lowest BCUT2D eigenvalue weighted by Gasteiger charge is -2.28. The topological polar surface area (TPSA) is 16.4 Å². The maximum absolute atomic E-state index is 6.87. The van der Waals surface area contributed by atoms with Gasteiger partial charge in [-0.05, 0) is 103 Å². The quantitative estimate of drug-likeness (QED) is 0.182. The van der Waals surface area contributed by atoms with Crippen molar-refractivity contribution in [3.8, 4) is 22.3 Å². The van der Waals surface area contributed by atoms with E-state index in [2.05, 4.69) is 202 Å². The number of furan rings is 1. The minimum Gasteiger partial charge on any atom is -0.456 e. The zero-order valence-corrected chi connectivity index (χ0v) is 33.4. The third-order valence-corrected chi connectivity index (χ3v) is 11.5. The second kappa shape index (κ2) is 12.0. The average molecular weight is 696 g/mol. The molecule has 7 aromatic rings. The second-order valence-corrected chi connectivity index (χ2v) is 18.8. The molecule has 6 aromatic carbocycles. The highest BCUT2D eigenvalue weighted by atomic mass is 16.3. The third-order valence-electron chi connectivity index (χ3n) is 11.5. The van der Waals surface area contributed by atoms with Crippen LogP contribution in [0.1, 0.15) is 104 Å². The Morgan fingerprint density at radius 1 is 0.472 bits per heavy atom. The molecule has 1 aromatic heterocycles. The van der Waals surface area contributed by atoms with Crippen LogP contribution in [0, 0.1) is 0 Å². The van der Waals surface area contributed by atoms with E-state index in [1.165, 1.54) is 55.5 Å². The van der Waals surface area contributed by atoms with Gasteiger partial charge in [0.15, 0.2) is 0 Å². The first-order chi connectivity index (χ1) is 24.9. The smallest absolute Gasteiger partial charge is 0.139 e. The van der Waals surface area contributed by atoms with Gasteiger partial charge in [-0.25, -0.2) is 0 Å². The summed E-state index contributed by atoms with van der Waals surface area (Å²) in [4.78, 5) is 2.39. The summed E-state index contributed by atoms with van der Waals surface area (Å²) in [5.74, 6) is 0. The van der Waals surface area contributed by atoms with E-state index in [9.17, 15) is 0 Å². The zero-order chi connectivity index (χ0) is 37.7. The van der Waals surface area contributed by atoms with E-state index in [1.807, 2.05) is 0 Å². The molecule has 1 heterocycles. The molecule has 0 saturated heterocycles. The molecular formula is C51H53NO. The van der Waals surface area contributed by atoms with Gasteiger partial charge in [0.1, 0.15) is 11.2 Å². The van der Waals surface area contributed by atoms with Gasteiger partial charge in [0.05, 0.1) is 0 Å². The molecule has 0 unspecified atom stereocenters. The number of hydrogen-bond acceptors (Lipinski definition) is 2. The summed E-state index contributed by atoms with van der Waals surface area (Å²) in [6.45, 7) is 25.2. The fourth-order valence-corrected chi connectivity index (χ4v) is 8.24. The molecule has 0 radical (unpaired) electrons. The number of fused-ring (bicyclic) bond motifs is 6. The highest BCUT2D eigenvalue weighted by Gasteiger charge is 2.36. The molecule has 0 amide bonds. The maximum atomic E-state index is 6.87. The van der Waals surface area contributed by atoms with E-state index in [0.29, 0.717) is 0 Å². The highest BCUT2D eigenvalue weighted by Crippen LogP contribution is 2.51. The first-order valence-electron chi connectivity index (χ1n) is 19.2. The van der Waals surface area contributed by atoms with Gasteiger partial charge < -0.3 is 9.32 Å². The molecule has 2 nitrogen and oxygen atoms in total. The SMILES string of the molecule is CC(C)(C)c1ccc(-c2ccc(N(c3ccc4c(c3)C(C)(C)c3ccccc3-4)c3ccc4c(c3)oc3c(C(C)(C)C)cc(C(C)(C)C)cc34)cc2)cc1. The molecule has 0 bridgehead atoms. The fourth-order valence-electron chi connectivity index (χ4n) is 8.24. The van der Waals surface area contributed by atoms with E-state index in [-0.39, 0.29) is 21.7 Å². The van der Waals surface area contributed by atoms with Gasteiger partial charge in [-0.1, -0.05) is 149 Å². The number of nitrogens with zero attached hydrogens (tertiary/aromatic N) is 1. The average Bonchev–Trinajstić information content (AvgIpc) is 3.58. The third kappa shape index (κ3) is 5.97. The Morgan fingerprint density at radius 3 is 1.68 bits per heavy atom. The first-order valence-corrected chi connectivity index (χ1v) is 19.2. The van der Waals surface area contributed by atoms with Crippen molar-refractivity contribution < 1.29 is 4.42 Å². The molecule has 0 N–H and O–H groups in total. The Kier molecular flexibility index (Phi) is 7.90. The Bertz CT molecular complexity index is 2510. The van der Waals surface area contributed by atoms with Crippen LogP contribution in [0.15, 0.2) is 126 Å². The Morgan fingerprint density at radius 2 is 1.04 bits per heavy atom. The minimum atomic E-state index is -0.104. The highest BCUT2D eigenvalue weighted by molar-refractivity contribution is 6.08. The van der Waals surface area contributed by atoms with Crippen molar-refractivity contribution in [2.45, 2.75) is 97.8 Å². The lowest BCUT2D eigenvalue weighted by molar-refractivity contribution is 0.559. The Hall–Kier alpha value is -5.08. The summed E-state index contributed by atoms with van der Waals surface area (Å²) in [6, 6.07) is 45.4. The van der Waals surface area contributed by atoms with Crippen molar-refractivity contribution in [3.63, 3.8) is 0 Å². The summed E-state index contributed by atoms with van der Waals surface area (Å²) in [5.41, 5.74) is 16.9. The van der Waals surface area contributed by atoms with E-state index >= 15 is 0 Å². The number of hydrogen-bond donors (Lipinski definition) is 0. The summed E-state index contributed by atoms with van der Waals surface area (Å²) in [7, 11) is 0. The largest absolute Gasteiger partial charge is 0.456 e. The van der Waals surface area contributed by atoms with Crippen LogP contribution in [0.25, 0.3) is 44.2 Å². The van der Waals surface area contributed by atoms with Crippen LogP contribution in [0.3, 0.4) is 0 Å². The molecule has 0 saturated carbocycles.